The lowest BCUT2D eigenvalue weighted by atomic mass is 10.1. The molecule has 3 rings (SSSR count). The number of esters is 1. The van der Waals surface area contributed by atoms with Crippen molar-refractivity contribution in [3.05, 3.63) is 66.0 Å². The fraction of sp³-hybridized carbons (Fsp3) is 0.435. The van der Waals surface area contributed by atoms with Crippen LogP contribution in [0.25, 0.3) is 0 Å². The van der Waals surface area contributed by atoms with Gasteiger partial charge in [-0.25, -0.2) is 0 Å². The number of amides is 1. The number of carbonyl (C=O) groups is 2. The minimum Gasteiger partial charge on any atom is -0.466 e. The van der Waals surface area contributed by atoms with Crippen molar-refractivity contribution in [2.45, 2.75) is 32.6 Å². The highest BCUT2D eigenvalue weighted by Gasteiger charge is 2.45. The van der Waals surface area contributed by atoms with Gasteiger partial charge in [0.05, 0.1) is 12.5 Å². The molecule has 1 saturated carbocycles. The van der Waals surface area contributed by atoms with Gasteiger partial charge in [-0.1, -0.05) is 36.4 Å². The highest BCUT2D eigenvalue weighted by atomic mass is 16.5. The lowest BCUT2D eigenvalue weighted by Crippen LogP contribution is -2.35. The van der Waals surface area contributed by atoms with E-state index in [2.05, 4.69) is 17.1 Å². The van der Waals surface area contributed by atoms with Crippen LogP contribution < -0.4 is 0 Å². The zero-order valence-corrected chi connectivity index (χ0v) is 16.4. The summed E-state index contributed by atoms with van der Waals surface area (Å²) in [4.78, 5) is 30.9. The van der Waals surface area contributed by atoms with E-state index < -0.39 is 0 Å². The minimum absolute atomic E-state index is 0.0506. The van der Waals surface area contributed by atoms with E-state index in [-0.39, 0.29) is 23.7 Å². The second kappa shape index (κ2) is 10.0. The maximum atomic E-state index is 12.9. The van der Waals surface area contributed by atoms with Crippen LogP contribution >= 0.6 is 0 Å². The van der Waals surface area contributed by atoms with E-state index in [0.717, 1.165) is 18.4 Å². The zero-order valence-electron chi connectivity index (χ0n) is 16.4. The molecule has 2 atom stereocenters. The smallest absolute Gasteiger partial charge is 0.309 e. The van der Waals surface area contributed by atoms with Gasteiger partial charge in [0.1, 0.15) is 0 Å². The lowest BCUT2D eigenvalue weighted by Gasteiger charge is -2.23. The van der Waals surface area contributed by atoms with Crippen molar-refractivity contribution in [1.29, 1.82) is 0 Å². The molecule has 0 radical (unpaired) electrons. The predicted octanol–water partition coefficient (Wildman–Crippen LogP) is 3.28. The summed E-state index contributed by atoms with van der Waals surface area (Å²) in [5.41, 5.74) is 2.28. The molecule has 1 aromatic carbocycles. The minimum atomic E-state index is -0.127. The van der Waals surface area contributed by atoms with E-state index in [4.69, 9.17) is 4.74 Å². The van der Waals surface area contributed by atoms with E-state index in [9.17, 15) is 9.59 Å². The molecule has 1 amide bonds. The second-order valence-electron chi connectivity index (χ2n) is 7.29. The van der Waals surface area contributed by atoms with Gasteiger partial charge in [0.15, 0.2) is 0 Å². The Morgan fingerprint density at radius 2 is 1.89 bits per heavy atom. The number of benzene rings is 1. The first-order valence-corrected chi connectivity index (χ1v) is 10.0. The molecule has 0 N–H and O–H groups in total. The van der Waals surface area contributed by atoms with Gasteiger partial charge in [-0.05, 0) is 49.3 Å². The first-order chi connectivity index (χ1) is 13.7. The summed E-state index contributed by atoms with van der Waals surface area (Å²) in [5, 5.41) is 0. The maximum Gasteiger partial charge on any atom is 0.309 e. The Balaban J connectivity index is 1.57. The largest absolute Gasteiger partial charge is 0.466 e. The SMILES string of the molecule is CCOC(=O)[C@@H]1C[C@@H]1CN(CCc1ccccc1)C(=O)CCc1cccnc1. The Bertz CT molecular complexity index is 764. The standard InChI is InChI=1S/C23H28N2O3/c1-2-28-23(27)21-15-20(21)17-25(14-12-18-7-4-3-5-8-18)22(26)11-10-19-9-6-13-24-16-19/h3-9,13,16,20-21H,2,10-12,14-15,17H2,1H3/t20-,21-/m1/s1. The van der Waals surface area contributed by atoms with Gasteiger partial charge in [-0.3, -0.25) is 14.6 Å². The maximum absolute atomic E-state index is 12.9. The van der Waals surface area contributed by atoms with Crippen molar-refractivity contribution in [1.82, 2.24) is 9.88 Å². The first-order valence-electron chi connectivity index (χ1n) is 10.0. The summed E-state index contributed by atoms with van der Waals surface area (Å²) in [6.07, 6.45) is 6.31. The molecule has 1 aliphatic carbocycles. The average Bonchev–Trinajstić information content (AvgIpc) is 3.50. The molecule has 1 fully saturated rings. The van der Waals surface area contributed by atoms with Crippen LogP contribution in [-0.2, 0) is 27.2 Å². The van der Waals surface area contributed by atoms with Crippen molar-refractivity contribution in [3.63, 3.8) is 0 Å². The molecule has 0 spiro atoms. The zero-order chi connectivity index (χ0) is 19.8. The van der Waals surface area contributed by atoms with E-state index in [0.29, 0.717) is 32.5 Å². The van der Waals surface area contributed by atoms with Crippen molar-refractivity contribution in [2.24, 2.45) is 11.8 Å². The number of rotatable bonds is 10. The van der Waals surface area contributed by atoms with Gasteiger partial charge in [0.25, 0.3) is 0 Å². The Morgan fingerprint density at radius 1 is 1.11 bits per heavy atom. The van der Waals surface area contributed by atoms with Crippen LogP contribution in [0.2, 0.25) is 0 Å². The molecule has 1 heterocycles. The molecule has 1 aromatic heterocycles. The van der Waals surface area contributed by atoms with Gasteiger partial charge < -0.3 is 9.64 Å². The number of pyridine rings is 1. The van der Waals surface area contributed by atoms with E-state index in [1.807, 2.05) is 42.2 Å². The van der Waals surface area contributed by atoms with Crippen LogP contribution in [0, 0.1) is 11.8 Å². The molecule has 0 saturated heterocycles. The summed E-state index contributed by atoms with van der Waals surface area (Å²) in [7, 11) is 0. The third kappa shape index (κ3) is 5.91. The second-order valence-corrected chi connectivity index (χ2v) is 7.29. The summed E-state index contributed by atoms with van der Waals surface area (Å²) >= 11 is 0. The molecule has 148 valence electrons. The van der Waals surface area contributed by atoms with Gasteiger partial charge in [-0.2, -0.15) is 0 Å². The third-order valence-electron chi connectivity index (χ3n) is 5.18. The molecule has 2 aromatic rings. The molecule has 0 aliphatic heterocycles. The molecule has 5 heteroatoms. The molecule has 28 heavy (non-hydrogen) atoms. The van der Waals surface area contributed by atoms with Crippen molar-refractivity contribution < 1.29 is 14.3 Å². The molecule has 1 aliphatic rings. The highest BCUT2D eigenvalue weighted by Crippen LogP contribution is 2.40. The summed E-state index contributed by atoms with van der Waals surface area (Å²) in [5.74, 6) is 0.176. The van der Waals surface area contributed by atoms with E-state index in [1.54, 1.807) is 12.4 Å². The molecule has 5 nitrogen and oxygen atoms in total. The number of carbonyl (C=O) groups excluding carboxylic acids is 2. The average molecular weight is 380 g/mol. The quantitative estimate of drug-likeness (QED) is 0.594. The number of hydrogen-bond acceptors (Lipinski definition) is 4. The topological polar surface area (TPSA) is 59.5 Å². The van der Waals surface area contributed by atoms with Gasteiger partial charge in [-0.15, -0.1) is 0 Å². The van der Waals surface area contributed by atoms with Crippen LogP contribution in [0.15, 0.2) is 54.9 Å². The number of hydrogen-bond donors (Lipinski definition) is 0. The fourth-order valence-electron chi connectivity index (χ4n) is 3.45. The van der Waals surface area contributed by atoms with Crippen molar-refractivity contribution in [3.8, 4) is 0 Å². The van der Waals surface area contributed by atoms with E-state index in [1.165, 1.54) is 5.56 Å². The Morgan fingerprint density at radius 3 is 2.61 bits per heavy atom. The molecule has 0 bridgehead atoms. The molecular formula is C23H28N2O3. The fourth-order valence-corrected chi connectivity index (χ4v) is 3.45. The van der Waals surface area contributed by atoms with Crippen molar-refractivity contribution >= 4 is 11.9 Å². The van der Waals surface area contributed by atoms with Crippen LogP contribution in [0.5, 0.6) is 0 Å². The Labute approximate surface area is 166 Å². The number of aromatic nitrogens is 1. The summed E-state index contributed by atoms with van der Waals surface area (Å²) < 4.78 is 5.12. The monoisotopic (exact) mass is 380 g/mol. The van der Waals surface area contributed by atoms with Crippen LogP contribution in [0.3, 0.4) is 0 Å². The normalized spacial score (nSPS) is 17.8. The molecule has 0 unspecified atom stereocenters. The third-order valence-corrected chi connectivity index (χ3v) is 5.18. The predicted molar refractivity (Wildman–Crippen MR) is 108 cm³/mol. The summed E-state index contributed by atoms with van der Waals surface area (Å²) in [6, 6.07) is 14.1. The van der Waals surface area contributed by atoms with Gasteiger partial charge >= 0.3 is 5.97 Å². The number of nitrogens with zero attached hydrogens (tertiary/aromatic N) is 2. The van der Waals surface area contributed by atoms with Crippen LogP contribution in [0.1, 0.15) is 30.9 Å². The highest BCUT2D eigenvalue weighted by molar-refractivity contribution is 5.78. The Kier molecular flexibility index (Phi) is 7.18. The number of aryl methyl sites for hydroxylation is 1. The first kappa shape index (κ1) is 20.1. The van der Waals surface area contributed by atoms with Crippen LogP contribution in [-0.4, -0.2) is 41.5 Å². The van der Waals surface area contributed by atoms with Crippen LogP contribution in [0.4, 0.5) is 0 Å². The van der Waals surface area contributed by atoms with E-state index >= 15 is 0 Å². The van der Waals surface area contributed by atoms with Gasteiger partial charge in [0.2, 0.25) is 5.91 Å². The molecular weight excluding hydrogens is 352 g/mol. The lowest BCUT2D eigenvalue weighted by molar-refractivity contribution is -0.145. The van der Waals surface area contributed by atoms with Gasteiger partial charge in [0, 0.05) is 31.9 Å². The van der Waals surface area contributed by atoms with Crippen molar-refractivity contribution in [2.75, 3.05) is 19.7 Å². The Hall–Kier alpha value is -2.69. The summed E-state index contributed by atoms with van der Waals surface area (Å²) in [6.45, 7) is 3.53. The number of ether oxygens (including phenoxy) is 1.